The number of likely N-dealkylation sites (tertiary alicyclic amines) is 3. The number of rotatable bonds is 6. The van der Waals surface area contributed by atoms with Crippen molar-refractivity contribution in [1.82, 2.24) is 73.4 Å². The number of halogens is 3. The molecule has 6 atom stereocenters. The molecule has 3 fully saturated rings. The maximum absolute atomic E-state index is 14.6. The molecule has 0 radical (unpaired) electrons. The zero-order valence-corrected chi connectivity index (χ0v) is 42.8. The molecule has 0 N–H and O–H groups in total. The third-order valence-electron chi connectivity index (χ3n) is 15.1. The summed E-state index contributed by atoms with van der Waals surface area (Å²) in [6.07, 6.45) is 16.8. The van der Waals surface area contributed by atoms with Crippen molar-refractivity contribution >= 4 is 32.7 Å². The maximum Gasteiger partial charge on any atom is 0.120 e. The first-order valence-electron chi connectivity index (χ1n) is 25.0. The number of benzene rings is 3. The van der Waals surface area contributed by atoms with Crippen molar-refractivity contribution in [2.75, 3.05) is 60.4 Å². The summed E-state index contributed by atoms with van der Waals surface area (Å²) in [6, 6.07) is 12.7. The van der Waals surface area contributed by atoms with Crippen LogP contribution in [0.2, 0.25) is 0 Å². The predicted octanol–water partition coefficient (Wildman–Crippen LogP) is 8.47. The Morgan fingerprint density at radius 2 is 0.667 bits per heavy atom. The van der Waals surface area contributed by atoms with E-state index in [9.17, 15) is 13.2 Å². The van der Waals surface area contributed by atoms with Crippen LogP contribution < -0.4 is 0 Å². The number of hydrogen-bond donors (Lipinski definition) is 0. The highest BCUT2D eigenvalue weighted by atomic mass is 19.1. The number of fused-ring (bicyclic) bond motifs is 3. The minimum atomic E-state index is -0.824. The van der Waals surface area contributed by atoms with Gasteiger partial charge in [-0.1, -0.05) is 0 Å². The molecule has 3 saturated heterocycles. The summed E-state index contributed by atoms with van der Waals surface area (Å²) >= 11 is 0. The molecule has 9 heterocycles. The number of piperidine rings is 3. The molecule has 6 aromatic heterocycles. The average molecular weight is 982 g/mol. The molecule has 3 aromatic carbocycles. The topological polar surface area (TPSA) is 117 Å². The van der Waals surface area contributed by atoms with Gasteiger partial charge in [0.05, 0.1) is 72.3 Å². The van der Waals surface area contributed by atoms with E-state index in [4.69, 9.17) is 0 Å². The van der Waals surface area contributed by atoms with Crippen molar-refractivity contribution in [3.63, 3.8) is 0 Å². The van der Waals surface area contributed by atoms with Gasteiger partial charge in [0.1, 0.15) is 35.6 Å². The molecule has 18 heteroatoms. The largest absolute Gasteiger partial charge is 0.303 e. The number of alkyl halides is 3. The minimum absolute atomic E-state index is 0.0390. The number of nitrogens with zero attached hydrogens (tertiary/aromatic N) is 15. The van der Waals surface area contributed by atoms with Crippen LogP contribution in [0.3, 0.4) is 0 Å². The highest BCUT2D eigenvalue weighted by molar-refractivity contribution is 5.84. The van der Waals surface area contributed by atoms with E-state index >= 15 is 0 Å². The SMILES string of the molecule is Cc1cc2cnn(-c3cnn(C)c3)c2cc1C1CCN(C)C[C@H]1F.Cc1cc2cnn(-c3cnn(C)c3)c2cc1C1CCN(C)C[C@H]1F.Cc1cc2cnn(-c3cnn(C)c3)c2cc1C1CCN(C)C[C@H]1F. The fourth-order valence-corrected chi connectivity index (χ4v) is 11.2. The molecular formula is C54H66F3N15. The fraction of sp³-hybridized carbons (Fsp3) is 0.444. The van der Waals surface area contributed by atoms with Gasteiger partial charge in [0, 0.05) is 74.7 Å². The molecule has 3 aliphatic rings. The van der Waals surface area contributed by atoms with Crippen molar-refractivity contribution < 1.29 is 13.2 Å². The van der Waals surface area contributed by atoms with Gasteiger partial charge in [-0.15, -0.1) is 0 Å². The third kappa shape index (κ3) is 9.83. The van der Waals surface area contributed by atoms with Gasteiger partial charge < -0.3 is 14.7 Å². The number of aryl methyl sites for hydroxylation is 6. The van der Waals surface area contributed by atoms with E-state index in [1.165, 1.54) is 0 Å². The van der Waals surface area contributed by atoms with Crippen LogP contribution in [0.1, 0.15) is 70.4 Å². The lowest BCUT2D eigenvalue weighted by Gasteiger charge is -2.33. The van der Waals surface area contributed by atoms with Crippen molar-refractivity contribution in [3.8, 4) is 17.1 Å². The molecule has 3 aliphatic heterocycles. The molecule has 0 amide bonds. The van der Waals surface area contributed by atoms with Crippen LogP contribution in [0.25, 0.3) is 49.8 Å². The molecule has 3 unspecified atom stereocenters. The van der Waals surface area contributed by atoms with Gasteiger partial charge in [0.25, 0.3) is 0 Å². The van der Waals surface area contributed by atoms with Crippen LogP contribution in [-0.4, -0.2) is 152 Å². The average Bonchev–Trinajstić information content (AvgIpc) is 4.22. The highest BCUT2D eigenvalue weighted by Crippen LogP contribution is 2.38. The van der Waals surface area contributed by atoms with E-state index in [1.54, 1.807) is 32.6 Å². The lowest BCUT2D eigenvalue weighted by molar-refractivity contribution is 0.139. The van der Waals surface area contributed by atoms with Crippen LogP contribution in [0.5, 0.6) is 0 Å². The fourth-order valence-electron chi connectivity index (χ4n) is 11.2. The van der Waals surface area contributed by atoms with Crippen molar-refractivity contribution in [2.45, 2.75) is 76.3 Å². The van der Waals surface area contributed by atoms with Gasteiger partial charge in [-0.2, -0.15) is 30.6 Å². The highest BCUT2D eigenvalue weighted by Gasteiger charge is 2.33. The number of hydrogen-bond acceptors (Lipinski definition) is 9. The lowest BCUT2D eigenvalue weighted by Crippen LogP contribution is -2.38. The third-order valence-corrected chi connectivity index (χ3v) is 15.1. The van der Waals surface area contributed by atoms with Crippen LogP contribution in [-0.2, 0) is 21.1 Å². The van der Waals surface area contributed by atoms with Crippen LogP contribution in [0, 0.1) is 20.8 Å². The monoisotopic (exact) mass is 982 g/mol. The summed E-state index contributed by atoms with van der Waals surface area (Å²) in [5, 5.41) is 29.4. The molecule has 0 bridgehead atoms. The van der Waals surface area contributed by atoms with Crippen LogP contribution >= 0.6 is 0 Å². The van der Waals surface area contributed by atoms with Gasteiger partial charge in [-0.3, -0.25) is 14.0 Å². The van der Waals surface area contributed by atoms with E-state index in [1.807, 2.05) is 93.5 Å². The zero-order chi connectivity index (χ0) is 50.5. The first-order valence-corrected chi connectivity index (χ1v) is 25.0. The maximum atomic E-state index is 14.6. The van der Waals surface area contributed by atoms with Crippen molar-refractivity contribution in [3.05, 3.63) is 126 Å². The summed E-state index contributed by atoms with van der Waals surface area (Å²) in [4.78, 5) is 6.19. The quantitative estimate of drug-likeness (QED) is 0.162. The van der Waals surface area contributed by atoms with Gasteiger partial charge in [-0.05, 0) is 151 Å². The second-order valence-corrected chi connectivity index (χ2v) is 20.6. The Kier molecular flexibility index (Phi) is 13.7. The normalized spacial score (nSPS) is 22.3. The molecule has 0 spiro atoms. The molecule has 15 nitrogen and oxygen atoms in total. The Labute approximate surface area is 418 Å². The Morgan fingerprint density at radius 3 is 0.903 bits per heavy atom. The second kappa shape index (κ2) is 20.1. The Bertz CT molecular complexity index is 2990. The predicted molar refractivity (Wildman–Crippen MR) is 277 cm³/mol. The van der Waals surface area contributed by atoms with E-state index in [-0.39, 0.29) is 17.8 Å². The van der Waals surface area contributed by atoms with E-state index in [0.717, 1.165) is 122 Å². The summed E-state index contributed by atoms with van der Waals surface area (Å²) < 4.78 is 54.8. The molecule has 0 aliphatic carbocycles. The molecule has 72 heavy (non-hydrogen) atoms. The second-order valence-electron chi connectivity index (χ2n) is 20.6. The Hall–Kier alpha value is -6.63. The number of aromatic nitrogens is 12. The van der Waals surface area contributed by atoms with Crippen LogP contribution in [0.4, 0.5) is 13.2 Å². The summed E-state index contributed by atoms with van der Waals surface area (Å²) in [5.41, 5.74) is 12.5. The Balaban J connectivity index is 0.000000124. The molecule has 0 saturated carbocycles. The lowest BCUT2D eigenvalue weighted by atomic mass is 9.85. The van der Waals surface area contributed by atoms with Crippen molar-refractivity contribution in [2.24, 2.45) is 21.1 Å². The molecule has 378 valence electrons. The van der Waals surface area contributed by atoms with Gasteiger partial charge in [0.2, 0.25) is 0 Å². The summed E-state index contributed by atoms with van der Waals surface area (Å²) in [5.74, 6) is -0.117. The van der Waals surface area contributed by atoms with Crippen molar-refractivity contribution in [1.29, 1.82) is 0 Å². The first kappa shape index (κ1) is 49.0. The van der Waals surface area contributed by atoms with E-state index < -0.39 is 18.5 Å². The molecule has 12 rings (SSSR count). The van der Waals surface area contributed by atoms with E-state index in [2.05, 4.69) is 102 Å². The van der Waals surface area contributed by atoms with Gasteiger partial charge in [0.15, 0.2) is 0 Å². The first-order chi connectivity index (χ1) is 34.6. The standard InChI is InChI=1S/3C18H22FN5/c3*1-12-6-13-8-21-24(14-9-20-23(3)10-14)18(13)7-16(12)15-4-5-22(2)11-17(15)19/h3*6-10,15,17H,4-5,11H2,1-3H3/t3*15?,17-/m111/s1. The van der Waals surface area contributed by atoms with Crippen LogP contribution in [0.15, 0.2) is 92.2 Å². The molecular weight excluding hydrogens is 916 g/mol. The van der Waals surface area contributed by atoms with E-state index in [0.29, 0.717) is 19.6 Å². The summed E-state index contributed by atoms with van der Waals surface area (Å²) in [6.45, 7) is 10.5. The Morgan fingerprint density at radius 1 is 0.389 bits per heavy atom. The zero-order valence-electron chi connectivity index (χ0n) is 42.8. The van der Waals surface area contributed by atoms with Gasteiger partial charge >= 0.3 is 0 Å². The molecule has 9 aromatic rings. The minimum Gasteiger partial charge on any atom is -0.303 e. The smallest absolute Gasteiger partial charge is 0.120 e. The van der Waals surface area contributed by atoms with Gasteiger partial charge in [-0.25, -0.2) is 27.2 Å². The summed E-state index contributed by atoms with van der Waals surface area (Å²) in [7, 11) is 11.6.